The number of benzene rings is 2. The molecule has 2 aromatic rings. The summed E-state index contributed by atoms with van der Waals surface area (Å²) in [4.78, 5) is 26.9. The average molecular weight is 355 g/mol. The van der Waals surface area contributed by atoms with E-state index in [0.717, 1.165) is 11.1 Å². The fourth-order valence-electron chi connectivity index (χ4n) is 3.09. The van der Waals surface area contributed by atoms with Crippen LogP contribution in [0.5, 0.6) is 0 Å². The first-order valence-electron chi connectivity index (χ1n) is 7.88. The standard InChI is InChI=1S/C18H15ClN4O2/c1-10-3-6-14(9-11(10)2)22-17(24)15-16(18(22)25)23(21-20-15)13-7-4-12(19)5-8-13/h3-9,15-16H,1-2H3/t15-,16+/m1/s1. The van der Waals surface area contributed by atoms with Crippen LogP contribution in [0.25, 0.3) is 0 Å². The van der Waals surface area contributed by atoms with Crippen molar-refractivity contribution in [3.8, 4) is 0 Å². The van der Waals surface area contributed by atoms with E-state index in [1.165, 1.54) is 9.91 Å². The smallest absolute Gasteiger partial charge is 0.263 e. The Labute approximate surface area is 149 Å². The molecule has 0 aliphatic carbocycles. The van der Waals surface area contributed by atoms with Crippen LogP contribution in [-0.4, -0.2) is 23.9 Å². The minimum atomic E-state index is -0.815. The lowest BCUT2D eigenvalue weighted by atomic mass is 10.1. The van der Waals surface area contributed by atoms with Gasteiger partial charge in [0.15, 0.2) is 12.1 Å². The van der Waals surface area contributed by atoms with Crippen molar-refractivity contribution < 1.29 is 9.59 Å². The second kappa shape index (κ2) is 5.67. The van der Waals surface area contributed by atoms with Gasteiger partial charge in [0.1, 0.15) is 0 Å². The molecule has 2 heterocycles. The minimum Gasteiger partial charge on any atom is -0.271 e. The Hall–Kier alpha value is -2.73. The molecule has 7 heteroatoms. The lowest BCUT2D eigenvalue weighted by molar-refractivity contribution is -0.121. The van der Waals surface area contributed by atoms with Gasteiger partial charge >= 0.3 is 0 Å². The van der Waals surface area contributed by atoms with Crippen molar-refractivity contribution in [3.05, 3.63) is 58.6 Å². The number of halogens is 1. The van der Waals surface area contributed by atoms with E-state index in [1.807, 2.05) is 26.0 Å². The molecule has 2 aliphatic heterocycles. The van der Waals surface area contributed by atoms with E-state index in [0.29, 0.717) is 16.4 Å². The summed E-state index contributed by atoms with van der Waals surface area (Å²) in [5, 5.41) is 10.1. The van der Waals surface area contributed by atoms with Gasteiger partial charge in [0.25, 0.3) is 11.8 Å². The first kappa shape index (κ1) is 15.8. The number of amides is 2. The van der Waals surface area contributed by atoms with Gasteiger partial charge in [0, 0.05) is 5.02 Å². The Balaban J connectivity index is 1.70. The number of carbonyl (C=O) groups is 2. The first-order chi connectivity index (χ1) is 12.0. The largest absolute Gasteiger partial charge is 0.271 e. The van der Waals surface area contributed by atoms with E-state index in [-0.39, 0.29) is 11.8 Å². The summed E-state index contributed by atoms with van der Waals surface area (Å²) >= 11 is 5.91. The fraction of sp³-hybridized carbons (Fsp3) is 0.222. The number of hydrogen-bond acceptors (Lipinski definition) is 5. The van der Waals surface area contributed by atoms with Gasteiger partial charge in [-0.3, -0.25) is 9.59 Å². The quantitative estimate of drug-likeness (QED) is 0.776. The third-order valence-corrected chi connectivity index (χ3v) is 4.87. The molecule has 1 saturated heterocycles. The van der Waals surface area contributed by atoms with Gasteiger partial charge in [-0.05, 0) is 61.4 Å². The number of nitrogens with zero attached hydrogens (tertiary/aromatic N) is 4. The molecule has 4 rings (SSSR count). The zero-order valence-electron chi connectivity index (χ0n) is 13.7. The van der Waals surface area contributed by atoms with Crippen molar-refractivity contribution >= 4 is 34.8 Å². The number of fused-ring (bicyclic) bond motifs is 1. The summed E-state index contributed by atoms with van der Waals surface area (Å²) in [6, 6.07) is 10.9. The third kappa shape index (κ3) is 2.41. The van der Waals surface area contributed by atoms with Crippen LogP contribution >= 0.6 is 11.6 Å². The van der Waals surface area contributed by atoms with Crippen LogP contribution in [0.2, 0.25) is 5.02 Å². The van der Waals surface area contributed by atoms with Crippen LogP contribution in [0.3, 0.4) is 0 Å². The van der Waals surface area contributed by atoms with Crippen LogP contribution in [0.4, 0.5) is 11.4 Å². The molecule has 0 bridgehead atoms. The lowest BCUT2D eigenvalue weighted by Crippen LogP contribution is -2.39. The molecule has 2 aliphatic rings. The molecule has 126 valence electrons. The van der Waals surface area contributed by atoms with E-state index >= 15 is 0 Å². The highest BCUT2D eigenvalue weighted by molar-refractivity contribution is 6.30. The first-order valence-corrected chi connectivity index (χ1v) is 8.26. The molecule has 25 heavy (non-hydrogen) atoms. The van der Waals surface area contributed by atoms with Crippen LogP contribution in [-0.2, 0) is 9.59 Å². The molecule has 2 amide bonds. The Bertz CT molecular complexity index is 910. The maximum atomic E-state index is 13.0. The minimum absolute atomic E-state index is 0.321. The van der Waals surface area contributed by atoms with Gasteiger partial charge in [-0.2, -0.15) is 5.11 Å². The van der Waals surface area contributed by atoms with Gasteiger partial charge in [-0.25, -0.2) is 9.91 Å². The molecule has 0 radical (unpaired) electrons. The van der Waals surface area contributed by atoms with Crippen molar-refractivity contribution in [2.45, 2.75) is 25.9 Å². The molecule has 0 spiro atoms. The Morgan fingerprint density at radius 1 is 0.920 bits per heavy atom. The van der Waals surface area contributed by atoms with E-state index in [4.69, 9.17) is 11.6 Å². The van der Waals surface area contributed by atoms with Gasteiger partial charge < -0.3 is 0 Å². The van der Waals surface area contributed by atoms with Crippen LogP contribution in [0.15, 0.2) is 52.8 Å². The molecule has 1 fully saturated rings. The highest BCUT2D eigenvalue weighted by Gasteiger charge is 2.55. The van der Waals surface area contributed by atoms with Gasteiger partial charge in [-0.1, -0.05) is 22.9 Å². The fourth-order valence-corrected chi connectivity index (χ4v) is 3.21. The van der Waals surface area contributed by atoms with Gasteiger partial charge in [0.2, 0.25) is 0 Å². The number of rotatable bonds is 2. The second-order valence-electron chi connectivity index (χ2n) is 6.20. The van der Waals surface area contributed by atoms with Crippen LogP contribution in [0, 0.1) is 13.8 Å². The number of anilines is 2. The van der Waals surface area contributed by atoms with Gasteiger partial charge in [0.05, 0.1) is 11.4 Å². The Morgan fingerprint density at radius 3 is 2.28 bits per heavy atom. The topological polar surface area (TPSA) is 65.3 Å². The van der Waals surface area contributed by atoms with E-state index in [2.05, 4.69) is 10.3 Å². The predicted molar refractivity (Wildman–Crippen MR) is 94.8 cm³/mol. The van der Waals surface area contributed by atoms with Gasteiger partial charge in [-0.15, -0.1) is 0 Å². The molecular weight excluding hydrogens is 340 g/mol. The summed E-state index contributed by atoms with van der Waals surface area (Å²) in [6.45, 7) is 3.93. The number of carbonyl (C=O) groups excluding carboxylic acids is 2. The van der Waals surface area contributed by atoms with Crippen LogP contribution < -0.4 is 9.91 Å². The SMILES string of the molecule is Cc1ccc(N2C(=O)[C@@H]3[C@@H](N=NN3c3ccc(Cl)cc3)C2=O)cc1C. The summed E-state index contributed by atoms with van der Waals surface area (Å²) in [5.74, 6) is -0.670. The van der Waals surface area contributed by atoms with Crippen LogP contribution in [0.1, 0.15) is 11.1 Å². The van der Waals surface area contributed by atoms with Crippen molar-refractivity contribution in [1.82, 2.24) is 0 Å². The van der Waals surface area contributed by atoms with Crippen molar-refractivity contribution in [1.29, 1.82) is 0 Å². The maximum Gasteiger partial charge on any atom is 0.263 e. The summed E-state index contributed by atoms with van der Waals surface area (Å²) in [6.07, 6.45) is 0. The molecule has 0 saturated carbocycles. The summed E-state index contributed by atoms with van der Waals surface area (Å²) in [7, 11) is 0. The van der Waals surface area contributed by atoms with E-state index in [9.17, 15) is 9.59 Å². The monoisotopic (exact) mass is 354 g/mol. The molecule has 6 nitrogen and oxygen atoms in total. The second-order valence-corrected chi connectivity index (χ2v) is 6.63. The molecule has 2 aromatic carbocycles. The zero-order valence-corrected chi connectivity index (χ0v) is 14.4. The number of aryl methyl sites for hydroxylation is 2. The van der Waals surface area contributed by atoms with Crippen molar-refractivity contribution in [2.75, 3.05) is 9.91 Å². The predicted octanol–water partition coefficient (Wildman–Crippen LogP) is 3.45. The Morgan fingerprint density at radius 2 is 1.60 bits per heavy atom. The highest BCUT2D eigenvalue weighted by atomic mass is 35.5. The molecule has 0 aromatic heterocycles. The zero-order chi connectivity index (χ0) is 17.7. The van der Waals surface area contributed by atoms with Crippen molar-refractivity contribution in [3.63, 3.8) is 0 Å². The van der Waals surface area contributed by atoms with Crippen molar-refractivity contribution in [2.24, 2.45) is 10.3 Å². The molecular formula is C18H15ClN4O2. The van der Waals surface area contributed by atoms with E-state index < -0.39 is 12.1 Å². The maximum absolute atomic E-state index is 13.0. The normalized spacial score (nSPS) is 22.0. The average Bonchev–Trinajstić information content (AvgIpc) is 3.12. The Kier molecular flexibility index (Phi) is 3.58. The summed E-state index contributed by atoms with van der Waals surface area (Å²) in [5.41, 5.74) is 3.36. The summed E-state index contributed by atoms with van der Waals surface area (Å²) < 4.78 is 0. The third-order valence-electron chi connectivity index (χ3n) is 4.62. The number of imide groups is 1. The lowest BCUT2D eigenvalue weighted by Gasteiger charge is -2.21. The van der Waals surface area contributed by atoms with E-state index in [1.54, 1.807) is 30.3 Å². The molecule has 2 atom stereocenters. The number of hydrogen-bond donors (Lipinski definition) is 0. The molecule has 0 unspecified atom stereocenters. The molecule has 0 N–H and O–H groups in total. The highest BCUT2D eigenvalue weighted by Crippen LogP contribution is 2.35.